The van der Waals surface area contributed by atoms with Gasteiger partial charge in [-0.05, 0) is 23.8 Å². The molecule has 0 fully saturated rings. The van der Waals surface area contributed by atoms with Gasteiger partial charge in [-0.15, -0.1) is 0 Å². The molecule has 1 heterocycles. The number of nitrogens with zero attached hydrogens (tertiary/aromatic N) is 1. The molecule has 0 unspecified atom stereocenters. The molecule has 0 saturated heterocycles. The van der Waals surface area contributed by atoms with Crippen molar-refractivity contribution in [1.29, 1.82) is 0 Å². The van der Waals surface area contributed by atoms with Crippen molar-refractivity contribution in [3.63, 3.8) is 0 Å². The van der Waals surface area contributed by atoms with Crippen LogP contribution in [0.25, 0.3) is 0 Å². The summed E-state index contributed by atoms with van der Waals surface area (Å²) in [6.45, 7) is -0.113. The molecule has 0 saturated carbocycles. The molecular formula is C14H8ClF3NO3-. The summed E-state index contributed by atoms with van der Waals surface area (Å²) < 4.78 is 38.4. The Bertz CT molecular complexity index is 766. The smallest absolute Gasteiger partial charge is 0.416 e. The normalized spacial score (nSPS) is 11.5. The molecule has 2 rings (SSSR count). The third kappa shape index (κ3) is 3.48. The molecule has 0 radical (unpaired) electrons. The summed E-state index contributed by atoms with van der Waals surface area (Å²) in [6.07, 6.45) is -3.42. The average Bonchev–Trinajstić information content (AvgIpc) is 2.43. The van der Waals surface area contributed by atoms with Crippen molar-refractivity contribution in [1.82, 2.24) is 4.57 Å². The number of aromatic nitrogens is 1. The van der Waals surface area contributed by atoms with Crippen LogP contribution in [0.4, 0.5) is 13.2 Å². The summed E-state index contributed by atoms with van der Waals surface area (Å²) in [5.74, 6) is -1.51. The Labute approximate surface area is 127 Å². The predicted octanol–water partition coefficient (Wildman–Crippen LogP) is 1.93. The fourth-order valence-corrected chi connectivity index (χ4v) is 2.05. The Kier molecular flexibility index (Phi) is 4.27. The van der Waals surface area contributed by atoms with Gasteiger partial charge in [-0.1, -0.05) is 23.7 Å². The molecule has 116 valence electrons. The Morgan fingerprint density at radius 1 is 1.23 bits per heavy atom. The van der Waals surface area contributed by atoms with Gasteiger partial charge in [0, 0.05) is 11.8 Å². The number of pyridine rings is 1. The maximum Gasteiger partial charge on any atom is 0.416 e. The number of rotatable bonds is 3. The van der Waals surface area contributed by atoms with Crippen LogP contribution in [-0.4, -0.2) is 10.5 Å². The Hall–Kier alpha value is -2.28. The molecule has 0 atom stereocenters. The van der Waals surface area contributed by atoms with E-state index in [1.54, 1.807) is 0 Å². The largest absolute Gasteiger partial charge is 0.545 e. The minimum atomic E-state index is -4.45. The number of aromatic carboxylic acids is 1. The van der Waals surface area contributed by atoms with Gasteiger partial charge in [0.05, 0.1) is 18.1 Å². The first-order valence-corrected chi connectivity index (χ1v) is 6.34. The highest BCUT2D eigenvalue weighted by molar-refractivity contribution is 6.30. The minimum Gasteiger partial charge on any atom is -0.545 e. The molecular weight excluding hydrogens is 323 g/mol. The predicted molar refractivity (Wildman–Crippen MR) is 70.6 cm³/mol. The van der Waals surface area contributed by atoms with Crippen LogP contribution in [0.2, 0.25) is 5.02 Å². The summed E-state index contributed by atoms with van der Waals surface area (Å²) in [5.41, 5.74) is -1.37. The van der Waals surface area contributed by atoms with Crippen molar-refractivity contribution in [2.45, 2.75) is 12.7 Å². The van der Waals surface area contributed by atoms with Crippen molar-refractivity contribution in [3.05, 3.63) is 68.6 Å². The van der Waals surface area contributed by atoms with Crippen molar-refractivity contribution in [2.24, 2.45) is 0 Å². The maximum atomic E-state index is 12.5. The topological polar surface area (TPSA) is 62.1 Å². The summed E-state index contributed by atoms with van der Waals surface area (Å²) in [4.78, 5) is 22.6. The fraction of sp³-hybridized carbons (Fsp3) is 0.143. The number of halogens is 4. The van der Waals surface area contributed by atoms with E-state index < -0.39 is 23.3 Å². The van der Waals surface area contributed by atoms with Gasteiger partial charge in [0.15, 0.2) is 0 Å². The first kappa shape index (κ1) is 16.1. The van der Waals surface area contributed by atoms with E-state index >= 15 is 0 Å². The second-order valence-electron chi connectivity index (χ2n) is 4.49. The monoisotopic (exact) mass is 330 g/mol. The molecule has 4 nitrogen and oxygen atoms in total. The number of benzene rings is 1. The SMILES string of the molecule is O=C([O-])c1cc(Cl)c(=O)n(Cc2ccc(C(F)(F)F)cc2)c1. The molecule has 8 heteroatoms. The third-order valence-electron chi connectivity index (χ3n) is 2.91. The van der Waals surface area contributed by atoms with Gasteiger partial charge in [-0.3, -0.25) is 4.79 Å². The molecule has 22 heavy (non-hydrogen) atoms. The minimum absolute atomic E-state index is 0.113. The molecule has 1 aromatic heterocycles. The van der Waals surface area contributed by atoms with E-state index in [0.29, 0.717) is 5.56 Å². The van der Waals surface area contributed by atoms with Gasteiger partial charge in [-0.2, -0.15) is 13.2 Å². The van der Waals surface area contributed by atoms with Crippen LogP contribution >= 0.6 is 11.6 Å². The molecule has 2 aromatic rings. The number of carbonyl (C=O) groups excluding carboxylic acids is 1. The molecule has 0 amide bonds. The standard InChI is InChI=1S/C14H9ClF3NO3/c15-11-5-9(13(21)22)7-19(12(11)20)6-8-1-3-10(4-2-8)14(16,17)18/h1-5,7H,6H2,(H,21,22)/p-1. The highest BCUT2D eigenvalue weighted by Gasteiger charge is 2.29. The summed E-state index contributed by atoms with van der Waals surface area (Å²) in [6, 6.07) is 5.13. The van der Waals surface area contributed by atoms with E-state index in [4.69, 9.17) is 11.6 Å². The lowest BCUT2D eigenvalue weighted by Crippen LogP contribution is -2.27. The molecule has 1 aromatic carbocycles. The highest BCUT2D eigenvalue weighted by atomic mass is 35.5. The first-order valence-electron chi connectivity index (χ1n) is 5.96. The van der Waals surface area contributed by atoms with E-state index in [1.165, 1.54) is 12.1 Å². The van der Waals surface area contributed by atoms with E-state index in [9.17, 15) is 27.9 Å². The number of alkyl halides is 3. The first-order chi connectivity index (χ1) is 10.2. The number of carbonyl (C=O) groups is 1. The van der Waals surface area contributed by atoms with E-state index in [0.717, 1.165) is 29.0 Å². The van der Waals surface area contributed by atoms with Crippen LogP contribution in [0.15, 0.2) is 41.3 Å². The van der Waals surface area contributed by atoms with Crippen LogP contribution < -0.4 is 10.7 Å². The maximum absolute atomic E-state index is 12.5. The van der Waals surface area contributed by atoms with Gasteiger partial charge in [0.1, 0.15) is 5.02 Å². The van der Waals surface area contributed by atoms with E-state index in [-0.39, 0.29) is 17.1 Å². The molecule has 0 bridgehead atoms. The molecule has 0 spiro atoms. The lowest BCUT2D eigenvalue weighted by molar-refractivity contribution is -0.255. The number of carboxylic acid groups (broad SMARTS) is 1. The van der Waals surface area contributed by atoms with Crippen molar-refractivity contribution < 1.29 is 23.1 Å². The Balaban J connectivity index is 2.35. The number of hydrogen-bond donors (Lipinski definition) is 0. The Morgan fingerprint density at radius 3 is 2.32 bits per heavy atom. The van der Waals surface area contributed by atoms with Gasteiger partial charge in [0.2, 0.25) is 0 Å². The zero-order chi connectivity index (χ0) is 16.5. The highest BCUT2D eigenvalue weighted by Crippen LogP contribution is 2.29. The van der Waals surface area contributed by atoms with E-state index in [2.05, 4.69) is 0 Å². The molecule has 0 aliphatic rings. The average molecular weight is 331 g/mol. The van der Waals surface area contributed by atoms with Crippen molar-refractivity contribution in [3.8, 4) is 0 Å². The Morgan fingerprint density at radius 2 is 1.82 bits per heavy atom. The zero-order valence-corrected chi connectivity index (χ0v) is 11.6. The van der Waals surface area contributed by atoms with Crippen LogP contribution in [0.3, 0.4) is 0 Å². The molecule has 0 aliphatic heterocycles. The van der Waals surface area contributed by atoms with Gasteiger partial charge in [-0.25, -0.2) is 0 Å². The second-order valence-corrected chi connectivity index (χ2v) is 4.90. The quantitative estimate of drug-likeness (QED) is 0.864. The summed E-state index contributed by atoms with van der Waals surface area (Å²) in [5, 5.41) is 10.5. The van der Waals surface area contributed by atoms with Crippen molar-refractivity contribution in [2.75, 3.05) is 0 Å². The fourth-order valence-electron chi connectivity index (χ4n) is 1.82. The number of carboxylic acids is 1. The second kappa shape index (κ2) is 5.84. The van der Waals surface area contributed by atoms with Crippen LogP contribution in [0.1, 0.15) is 21.5 Å². The molecule has 0 aliphatic carbocycles. The van der Waals surface area contributed by atoms with Crippen LogP contribution in [-0.2, 0) is 12.7 Å². The van der Waals surface area contributed by atoms with Gasteiger partial charge in [0.25, 0.3) is 5.56 Å². The summed E-state index contributed by atoms with van der Waals surface area (Å²) >= 11 is 5.64. The molecule has 0 N–H and O–H groups in total. The lowest BCUT2D eigenvalue weighted by atomic mass is 10.1. The summed E-state index contributed by atoms with van der Waals surface area (Å²) in [7, 11) is 0. The number of hydrogen-bond acceptors (Lipinski definition) is 3. The lowest BCUT2D eigenvalue weighted by Gasteiger charge is -2.11. The van der Waals surface area contributed by atoms with Crippen molar-refractivity contribution >= 4 is 17.6 Å². The van der Waals surface area contributed by atoms with E-state index in [1.807, 2.05) is 0 Å². The van der Waals surface area contributed by atoms with Gasteiger partial charge < -0.3 is 14.5 Å². The third-order valence-corrected chi connectivity index (χ3v) is 3.18. The van der Waals surface area contributed by atoms with Crippen LogP contribution in [0, 0.1) is 0 Å². The van der Waals surface area contributed by atoms with Crippen LogP contribution in [0.5, 0.6) is 0 Å². The van der Waals surface area contributed by atoms with Gasteiger partial charge >= 0.3 is 6.18 Å². The zero-order valence-electron chi connectivity index (χ0n) is 10.9.